The van der Waals surface area contributed by atoms with Crippen molar-refractivity contribution in [3.8, 4) is 11.5 Å². The lowest BCUT2D eigenvalue weighted by Gasteiger charge is -2.21. The van der Waals surface area contributed by atoms with Gasteiger partial charge in [-0.05, 0) is 47.5 Å². The largest absolute Gasteiger partial charge is 0.508 e. The molecule has 0 aliphatic rings. The highest BCUT2D eigenvalue weighted by Gasteiger charge is 2.27. The number of hydrogen-bond donors (Lipinski definition) is 7. The molecule has 2 aromatic carbocycles. The molecule has 10 nitrogen and oxygen atoms in total. The number of carbonyl (C=O) groups is 3. The van der Waals surface area contributed by atoms with Crippen LogP contribution in [-0.2, 0) is 27.2 Å². The Kier molecular flexibility index (Phi) is 6.13. The number of nitrogens with one attached hydrogen (secondary N) is 4. The number of nitrogens with two attached hydrogens (primary N) is 1. The molecule has 10 heteroatoms. The van der Waals surface area contributed by atoms with Crippen molar-refractivity contribution in [2.45, 2.75) is 31.8 Å². The highest BCUT2D eigenvalue weighted by molar-refractivity contribution is 5.93. The van der Waals surface area contributed by atoms with Gasteiger partial charge in [-0.1, -0.05) is 0 Å². The van der Waals surface area contributed by atoms with E-state index in [1.54, 1.807) is 48.8 Å². The van der Waals surface area contributed by atoms with E-state index in [2.05, 4.69) is 20.6 Å². The topological polar surface area (TPSA) is 173 Å². The van der Waals surface area contributed by atoms with Gasteiger partial charge >= 0.3 is 0 Å². The van der Waals surface area contributed by atoms with E-state index < -0.39 is 29.8 Å². The number of benzene rings is 2. The summed E-state index contributed by atoms with van der Waals surface area (Å²) in [5.74, 6) is -1.57. The van der Waals surface area contributed by atoms with Crippen molar-refractivity contribution in [1.82, 2.24) is 20.6 Å². The van der Waals surface area contributed by atoms with E-state index in [9.17, 15) is 24.6 Å². The van der Waals surface area contributed by atoms with Crippen LogP contribution < -0.4 is 16.4 Å². The number of aromatic nitrogens is 2. The Labute approximate surface area is 194 Å². The monoisotopic (exact) mass is 463 g/mol. The molecule has 0 aliphatic carbocycles. The van der Waals surface area contributed by atoms with Crippen molar-refractivity contribution in [2.24, 2.45) is 5.73 Å². The van der Waals surface area contributed by atoms with Gasteiger partial charge in [0.25, 0.3) is 0 Å². The average molecular weight is 463 g/mol. The van der Waals surface area contributed by atoms with Crippen molar-refractivity contribution >= 4 is 39.5 Å². The smallest absolute Gasteiger partial charge is 0.243 e. The second kappa shape index (κ2) is 9.18. The lowest BCUT2D eigenvalue weighted by molar-refractivity contribution is -0.130. The Morgan fingerprint density at radius 3 is 1.82 bits per heavy atom. The third-order valence-electron chi connectivity index (χ3n) is 5.70. The van der Waals surface area contributed by atoms with Gasteiger partial charge in [0.05, 0.1) is 0 Å². The van der Waals surface area contributed by atoms with Crippen molar-refractivity contribution in [2.75, 3.05) is 0 Å². The van der Waals surface area contributed by atoms with E-state index in [-0.39, 0.29) is 24.3 Å². The highest BCUT2D eigenvalue weighted by Crippen LogP contribution is 2.25. The fourth-order valence-corrected chi connectivity index (χ4v) is 4.06. The molecule has 3 amide bonds. The van der Waals surface area contributed by atoms with Gasteiger partial charge in [-0.15, -0.1) is 0 Å². The second-order valence-electron chi connectivity index (χ2n) is 8.21. The number of aromatic hydroxyl groups is 2. The summed E-state index contributed by atoms with van der Waals surface area (Å²) in [6, 6.07) is 7.61. The van der Waals surface area contributed by atoms with Crippen molar-refractivity contribution in [3.63, 3.8) is 0 Å². The molecule has 0 radical (unpaired) electrons. The minimum absolute atomic E-state index is 0.0727. The van der Waals surface area contributed by atoms with E-state index in [0.29, 0.717) is 21.9 Å². The molecule has 34 heavy (non-hydrogen) atoms. The second-order valence-corrected chi connectivity index (χ2v) is 8.21. The van der Waals surface area contributed by atoms with Crippen LogP contribution in [0.4, 0.5) is 0 Å². The molecule has 176 valence electrons. The van der Waals surface area contributed by atoms with Gasteiger partial charge in [-0.3, -0.25) is 14.4 Å². The molecule has 0 saturated carbocycles. The van der Waals surface area contributed by atoms with Crippen LogP contribution in [0.5, 0.6) is 11.5 Å². The zero-order valence-corrected chi connectivity index (χ0v) is 18.4. The first-order chi connectivity index (χ1) is 16.2. The van der Waals surface area contributed by atoms with Crippen molar-refractivity contribution < 1.29 is 24.6 Å². The summed E-state index contributed by atoms with van der Waals surface area (Å²) in [7, 11) is 0. The van der Waals surface area contributed by atoms with E-state index in [4.69, 9.17) is 5.73 Å². The number of phenols is 2. The minimum Gasteiger partial charge on any atom is -0.508 e. The van der Waals surface area contributed by atoms with Crippen LogP contribution in [0.15, 0.2) is 48.8 Å². The fraction of sp³-hybridized carbons (Fsp3) is 0.208. The van der Waals surface area contributed by atoms with Gasteiger partial charge in [-0.2, -0.15) is 0 Å². The summed E-state index contributed by atoms with van der Waals surface area (Å²) in [5, 5.41) is 26.3. The summed E-state index contributed by atoms with van der Waals surface area (Å²) in [4.78, 5) is 43.2. The molecular formula is C24H25N5O5. The Morgan fingerprint density at radius 2 is 1.35 bits per heavy atom. The fourth-order valence-electron chi connectivity index (χ4n) is 4.06. The van der Waals surface area contributed by atoms with Crippen LogP contribution >= 0.6 is 0 Å². The molecule has 2 aromatic heterocycles. The molecule has 4 rings (SSSR count). The van der Waals surface area contributed by atoms with Gasteiger partial charge in [0.15, 0.2) is 0 Å². The summed E-state index contributed by atoms with van der Waals surface area (Å²) in [6.07, 6.45) is 3.62. The molecule has 0 fully saturated rings. The first kappa shape index (κ1) is 22.7. The molecule has 8 N–H and O–H groups in total. The number of primary amides is 1. The van der Waals surface area contributed by atoms with Crippen LogP contribution in [0.25, 0.3) is 21.8 Å². The van der Waals surface area contributed by atoms with E-state index >= 15 is 0 Å². The number of rotatable bonds is 8. The first-order valence-corrected chi connectivity index (χ1v) is 10.7. The SMILES string of the molecule is CC(=O)NC(Cc1c[nH]c2ccc(O)cc12)C(=O)NC(Cc1c[nH]c2ccc(O)cc12)C(N)=O. The number of phenolic OH excluding ortho intramolecular Hbond substituents is 2. The van der Waals surface area contributed by atoms with Crippen molar-refractivity contribution in [1.29, 1.82) is 0 Å². The maximum atomic E-state index is 13.1. The molecule has 0 aliphatic heterocycles. The Balaban J connectivity index is 1.56. The average Bonchev–Trinajstić information content (AvgIpc) is 3.35. The number of aromatic amines is 2. The third kappa shape index (κ3) is 4.80. The van der Waals surface area contributed by atoms with Crippen LogP contribution in [0, 0.1) is 0 Å². The zero-order chi connectivity index (χ0) is 24.4. The normalized spacial score (nSPS) is 13.0. The quantitative estimate of drug-likeness (QED) is 0.208. The molecular weight excluding hydrogens is 438 g/mol. The standard InChI is InChI=1S/C24H25N5O5/c1-12(30)28-22(7-14-11-27-20-5-3-16(32)9-18(14)20)24(34)29-21(23(25)33)6-13-10-26-19-4-2-15(31)8-17(13)19/h2-5,8-11,21-22,26-27,31-32H,6-7H2,1H3,(H2,25,33)(H,28,30)(H,29,34). The third-order valence-corrected chi connectivity index (χ3v) is 5.70. The summed E-state index contributed by atoms with van der Waals surface area (Å²) in [6.45, 7) is 1.30. The van der Waals surface area contributed by atoms with E-state index in [1.165, 1.54) is 6.92 Å². The summed E-state index contributed by atoms with van der Waals surface area (Å²) >= 11 is 0. The van der Waals surface area contributed by atoms with Gasteiger partial charge in [0.2, 0.25) is 17.7 Å². The molecule has 4 aromatic rings. The lowest BCUT2D eigenvalue weighted by atomic mass is 10.0. The minimum atomic E-state index is -1.04. The summed E-state index contributed by atoms with van der Waals surface area (Å²) in [5.41, 5.74) is 8.51. The van der Waals surface area contributed by atoms with Gasteiger partial charge in [0, 0.05) is 54.0 Å². The molecule has 2 heterocycles. The van der Waals surface area contributed by atoms with Gasteiger partial charge < -0.3 is 36.5 Å². The first-order valence-electron chi connectivity index (χ1n) is 10.7. The maximum absolute atomic E-state index is 13.1. The Bertz CT molecular complexity index is 1390. The molecule has 2 atom stereocenters. The molecule has 2 unspecified atom stereocenters. The maximum Gasteiger partial charge on any atom is 0.243 e. The predicted molar refractivity (Wildman–Crippen MR) is 126 cm³/mol. The van der Waals surface area contributed by atoms with Crippen LogP contribution in [-0.4, -0.2) is 50.0 Å². The number of amides is 3. The molecule has 0 saturated heterocycles. The zero-order valence-electron chi connectivity index (χ0n) is 18.4. The van der Waals surface area contributed by atoms with Gasteiger partial charge in [0.1, 0.15) is 23.6 Å². The predicted octanol–water partition coefficient (Wildman–Crippen LogP) is 1.32. The van der Waals surface area contributed by atoms with E-state index in [1.807, 2.05) is 0 Å². The Hall–Kier alpha value is -4.47. The van der Waals surface area contributed by atoms with Crippen LogP contribution in [0.2, 0.25) is 0 Å². The number of hydrogen-bond acceptors (Lipinski definition) is 5. The Morgan fingerprint density at radius 1 is 0.853 bits per heavy atom. The number of fused-ring (bicyclic) bond motifs is 2. The number of H-pyrrole nitrogens is 2. The number of carbonyl (C=O) groups excluding carboxylic acids is 3. The highest BCUT2D eigenvalue weighted by atomic mass is 16.3. The van der Waals surface area contributed by atoms with Crippen molar-refractivity contribution in [3.05, 3.63) is 59.9 Å². The lowest BCUT2D eigenvalue weighted by Crippen LogP contribution is -2.54. The molecule has 0 bridgehead atoms. The van der Waals surface area contributed by atoms with E-state index in [0.717, 1.165) is 11.0 Å². The van der Waals surface area contributed by atoms with Gasteiger partial charge in [-0.25, -0.2) is 0 Å². The summed E-state index contributed by atoms with van der Waals surface area (Å²) < 4.78 is 0. The van der Waals surface area contributed by atoms with Crippen LogP contribution in [0.1, 0.15) is 18.1 Å². The molecule has 0 spiro atoms. The van der Waals surface area contributed by atoms with Crippen LogP contribution in [0.3, 0.4) is 0 Å².